The normalized spacial score (nSPS) is 19.2. The fraction of sp³-hybridized carbons (Fsp3) is 0.417. The molecule has 1 N–H and O–H groups in total. The van der Waals surface area contributed by atoms with Crippen molar-refractivity contribution >= 4 is 23.4 Å². The summed E-state index contributed by atoms with van der Waals surface area (Å²) in [7, 11) is 0. The number of nitrogens with zero attached hydrogens (tertiary/aromatic N) is 2. The van der Waals surface area contributed by atoms with Gasteiger partial charge in [-0.15, -0.1) is 0 Å². The van der Waals surface area contributed by atoms with Gasteiger partial charge < -0.3 is 14.9 Å². The highest BCUT2D eigenvalue weighted by Crippen LogP contribution is 2.35. The Morgan fingerprint density at radius 2 is 1.70 bits per heavy atom. The van der Waals surface area contributed by atoms with Crippen LogP contribution in [0.25, 0.3) is 0 Å². The summed E-state index contributed by atoms with van der Waals surface area (Å²) < 4.78 is 0. The summed E-state index contributed by atoms with van der Waals surface area (Å²) in [5.74, 6) is -0.121. The first-order chi connectivity index (χ1) is 14.3. The molecule has 2 aliphatic heterocycles. The first kappa shape index (κ1) is 20.9. The molecule has 2 amide bonds. The largest absolute Gasteiger partial charge is 0.385 e. The Kier molecular flexibility index (Phi) is 5.60. The summed E-state index contributed by atoms with van der Waals surface area (Å²) in [5, 5.41) is 11.7. The smallest absolute Gasteiger partial charge is 0.255 e. The van der Waals surface area contributed by atoms with Gasteiger partial charge in [-0.05, 0) is 48.1 Å². The van der Waals surface area contributed by atoms with Crippen molar-refractivity contribution in [2.24, 2.45) is 5.92 Å². The van der Waals surface area contributed by atoms with Gasteiger partial charge in [-0.3, -0.25) is 9.59 Å². The van der Waals surface area contributed by atoms with Gasteiger partial charge in [0.25, 0.3) is 5.91 Å². The van der Waals surface area contributed by atoms with Crippen LogP contribution in [0.15, 0.2) is 48.5 Å². The molecule has 2 aromatic carbocycles. The minimum atomic E-state index is -0.964. The molecule has 2 aromatic rings. The summed E-state index contributed by atoms with van der Waals surface area (Å²) in [5.41, 5.74) is 1.52. The Labute approximate surface area is 182 Å². The number of fused-ring (bicyclic) bond motifs is 1. The molecule has 4 rings (SSSR count). The van der Waals surface area contributed by atoms with Gasteiger partial charge in [-0.2, -0.15) is 0 Å². The lowest BCUT2D eigenvalue weighted by atomic mass is 9.84. The third-order valence-electron chi connectivity index (χ3n) is 6.35. The number of carbonyl (C=O) groups is 2. The number of piperidine rings is 1. The minimum absolute atomic E-state index is 0.00663. The van der Waals surface area contributed by atoms with Crippen LogP contribution in [-0.2, 0) is 16.9 Å². The van der Waals surface area contributed by atoms with Crippen LogP contribution in [0.5, 0.6) is 0 Å². The minimum Gasteiger partial charge on any atom is -0.385 e. The Morgan fingerprint density at radius 3 is 2.30 bits per heavy atom. The molecule has 0 saturated carbocycles. The van der Waals surface area contributed by atoms with Crippen LogP contribution in [0.2, 0.25) is 5.02 Å². The molecular formula is C24H27ClN2O3. The predicted octanol–water partition coefficient (Wildman–Crippen LogP) is 3.83. The fourth-order valence-electron chi connectivity index (χ4n) is 4.61. The molecule has 2 aliphatic rings. The maximum atomic E-state index is 13.4. The average Bonchev–Trinajstić information content (AvgIpc) is 3.05. The summed E-state index contributed by atoms with van der Waals surface area (Å²) in [6.45, 7) is 5.33. The van der Waals surface area contributed by atoms with E-state index in [4.69, 9.17) is 11.6 Å². The van der Waals surface area contributed by atoms with Crippen LogP contribution < -0.4 is 0 Å². The number of likely N-dealkylation sites (tertiary alicyclic amines) is 1. The number of carbonyl (C=O) groups excluding carboxylic acids is 2. The monoisotopic (exact) mass is 426 g/mol. The molecule has 2 heterocycles. The molecular weight excluding hydrogens is 400 g/mol. The molecule has 158 valence electrons. The second-order valence-corrected chi connectivity index (χ2v) is 9.08. The molecule has 0 bridgehead atoms. The fourth-order valence-corrected chi connectivity index (χ4v) is 4.74. The van der Waals surface area contributed by atoms with Crippen molar-refractivity contribution in [1.29, 1.82) is 0 Å². The van der Waals surface area contributed by atoms with Crippen LogP contribution >= 0.6 is 11.6 Å². The highest BCUT2D eigenvalue weighted by molar-refractivity contribution is 6.30. The topological polar surface area (TPSA) is 60.9 Å². The van der Waals surface area contributed by atoms with Gasteiger partial charge in [-0.1, -0.05) is 55.8 Å². The van der Waals surface area contributed by atoms with Crippen LogP contribution in [0.3, 0.4) is 0 Å². The Balaban J connectivity index is 1.48. The van der Waals surface area contributed by atoms with Crippen molar-refractivity contribution in [3.8, 4) is 0 Å². The molecule has 1 unspecified atom stereocenters. The zero-order valence-corrected chi connectivity index (χ0v) is 18.1. The van der Waals surface area contributed by atoms with E-state index in [1.165, 1.54) is 0 Å². The SMILES string of the molecule is CC(C)C(C(=O)N1CCC(O)(c2ccc(Cl)cc2)CC1)N1Cc2ccccc2C1=O. The lowest BCUT2D eigenvalue weighted by molar-refractivity contribution is -0.142. The summed E-state index contributed by atoms with van der Waals surface area (Å²) in [4.78, 5) is 29.9. The number of hydrogen-bond donors (Lipinski definition) is 1. The quantitative estimate of drug-likeness (QED) is 0.808. The summed E-state index contributed by atoms with van der Waals surface area (Å²) >= 11 is 5.97. The van der Waals surface area contributed by atoms with Crippen LogP contribution in [0.1, 0.15) is 48.2 Å². The zero-order valence-electron chi connectivity index (χ0n) is 17.3. The predicted molar refractivity (Wildman–Crippen MR) is 116 cm³/mol. The van der Waals surface area contributed by atoms with Crippen LogP contribution in [0.4, 0.5) is 0 Å². The number of rotatable bonds is 4. The van der Waals surface area contributed by atoms with E-state index in [0.717, 1.165) is 11.1 Å². The van der Waals surface area contributed by atoms with E-state index in [-0.39, 0.29) is 17.7 Å². The maximum absolute atomic E-state index is 13.4. The second kappa shape index (κ2) is 8.05. The molecule has 0 aliphatic carbocycles. The van der Waals surface area contributed by atoms with Crippen molar-refractivity contribution in [1.82, 2.24) is 9.80 Å². The van der Waals surface area contributed by atoms with E-state index >= 15 is 0 Å². The average molecular weight is 427 g/mol. The molecule has 5 nitrogen and oxygen atoms in total. The standard InChI is InChI=1S/C24H27ClN2O3/c1-16(2)21(27-15-17-5-3-4-6-20(17)22(27)28)23(29)26-13-11-24(30,12-14-26)18-7-9-19(25)10-8-18/h3-10,16,21,30H,11-15H2,1-2H3. The van der Waals surface area contributed by atoms with Crippen molar-refractivity contribution in [3.05, 3.63) is 70.2 Å². The molecule has 0 spiro atoms. The number of halogens is 1. The van der Waals surface area contributed by atoms with Crippen molar-refractivity contribution in [3.63, 3.8) is 0 Å². The van der Waals surface area contributed by atoms with Gasteiger partial charge in [0.15, 0.2) is 0 Å². The molecule has 30 heavy (non-hydrogen) atoms. The Bertz CT molecular complexity index is 949. The number of amides is 2. The number of aliphatic hydroxyl groups is 1. The highest BCUT2D eigenvalue weighted by atomic mass is 35.5. The second-order valence-electron chi connectivity index (χ2n) is 8.64. The van der Waals surface area contributed by atoms with Gasteiger partial charge in [-0.25, -0.2) is 0 Å². The van der Waals surface area contributed by atoms with Crippen molar-refractivity contribution in [2.45, 2.75) is 44.9 Å². The van der Waals surface area contributed by atoms with E-state index in [9.17, 15) is 14.7 Å². The van der Waals surface area contributed by atoms with Gasteiger partial charge in [0.1, 0.15) is 6.04 Å². The van der Waals surface area contributed by atoms with Crippen LogP contribution in [-0.4, -0.2) is 45.9 Å². The lowest BCUT2D eigenvalue weighted by Gasteiger charge is -2.41. The third kappa shape index (κ3) is 3.72. The summed E-state index contributed by atoms with van der Waals surface area (Å²) in [6, 6.07) is 14.3. The molecule has 1 fully saturated rings. The lowest BCUT2D eigenvalue weighted by Crippen LogP contribution is -2.54. The Morgan fingerprint density at radius 1 is 1.07 bits per heavy atom. The number of benzene rings is 2. The highest BCUT2D eigenvalue weighted by Gasteiger charge is 2.42. The molecule has 0 aromatic heterocycles. The zero-order chi connectivity index (χ0) is 21.5. The first-order valence-corrected chi connectivity index (χ1v) is 10.8. The molecule has 0 radical (unpaired) electrons. The maximum Gasteiger partial charge on any atom is 0.255 e. The van der Waals surface area contributed by atoms with E-state index in [0.29, 0.717) is 43.1 Å². The van der Waals surface area contributed by atoms with E-state index in [1.807, 2.05) is 50.2 Å². The molecule has 6 heteroatoms. The number of hydrogen-bond acceptors (Lipinski definition) is 3. The van der Waals surface area contributed by atoms with Crippen molar-refractivity contribution < 1.29 is 14.7 Å². The van der Waals surface area contributed by atoms with E-state index in [2.05, 4.69) is 0 Å². The van der Waals surface area contributed by atoms with E-state index < -0.39 is 11.6 Å². The van der Waals surface area contributed by atoms with Gasteiger partial charge >= 0.3 is 0 Å². The van der Waals surface area contributed by atoms with Crippen molar-refractivity contribution in [2.75, 3.05) is 13.1 Å². The van der Waals surface area contributed by atoms with Gasteiger partial charge in [0.05, 0.1) is 5.60 Å². The molecule has 1 saturated heterocycles. The van der Waals surface area contributed by atoms with Crippen LogP contribution in [0, 0.1) is 5.92 Å². The first-order valence-electron chi connectivity index (χ1n) is 10.5. The molecule has 1 atom stereocenters. The Hall–Kier alpha value is -2.37. The van der Waals surface area contributed by atoms with Gasteiger partial charge in [0.2, 0.25) is 5.91 Å². The van der Waals surface area contributed by atoms with Gasteiger partial charge in [0, 0.05) is 30.2 Å². The summed E-state index contributed by atoms with van der Waals surface area (Å²) in [6.07, 6.45) is 0.915. The van der Waals surface area contributed by atoms with E-state index in [1.54, 1.807) is 21.9 Å². The third-order valence-corrected chi connectivity index (χ3v) is 6.61.